The van der Waals surface area contributed by atoms with Gasteiger partial charge in [0, 0.05) is 28.1 Å². The van der Waals surface area contributed by atoms with Crippen molar-refractivity contribution in [2.45, 2.75) is 25.4 Å². The van der Waals surface area contributed by atoms with E-state index in [2.05, 4.69) is 0 Å². The molecule has 0 aromatic heterocycles. The van der Waals surface area contributed by atoms with Crippen LogP contribution < -0.4 is 0 Å². The molecule has 15 heavy (non-hydrogen) atoms. The summed E-state index contributed by atoms with van der Waals surface area (Å²) in [5, 5.41) is 8.68. The van der Waals surface area contributed by atoms with Gasteiger partial charge in [0.25, 0.3) is 0 Å². The van der Waals surface area contributed by atoms with Gasteiger partial charge in [-0.05, 0) is 12.1 Å². The Balaban J connectivity index is 2.03. The molecule has 1 saturated carbocycles. The second-order valence-corrected chi connectivity index (χ2v) is 3.81. The van der Waals surface area contributed by atoms with Crippen LogP contribution in [0.1, 0.15) is 28.8 Å². The first-order valence-electron chi connectivity index (χ1n) is 4.93. The first kappa shape index (κ1) is 9.83. The van der Waals surface area contributed by atoms with Crippen molar-refractivity contribution in [3.8, 4) is 0 Å². The molecule has 1 aliphatic carbocycles. The number of carboxylic acid groups (broad SMARTS) is 1. The maximum absolute atomic E-state index is 11.4. The lowest BCUT2D eigenvalue weighted by Crippen LogP contribution is -2.10. The number of nitroso groups, excluding NO2 is 1. The zero-order chi connectivity index (χ0) is 10.8. The highest BCUT2D eigenvalue weighted by molar-refractivity contribution is 5.87. The minimum Gasteiger partial charge on any atom is -0.478 e. The Morgan fingerprint density at radius 2 is 1.93 bits per heavy atom. The Kier molecular flexibility index (Phi) is 2.49. The van der Waals surface area contributed by atoms with Gasteiger partial charge in [0.15, 0.2) is 0 Å². The fourth-order valence-corrected chi connectivity index (χ4v) is 1.42. The van der Waals surface area contributed by atoms with Gasteiger partial charge in [-0.1, -0.05) is 12.1 Å². The molecule has 0 heterocycles. The van der Waals surface area contributed by atoms with E-state index in [-0.39, 0.29) is 11.6 Å². The monoisotopic (exact) mass is 206 g/mol. The van der Waals surface area contributed by atoms with Crippen LogP contribution in [-0.4, -0.2) is 21.9 Å². The van der Waals surface area contributed by atoms with Gasteiger partial charge in [-0.25, -0.2) is 4.79 Å². The molecule has 2 rings (SSSR count). The van der Waals surface area contributed by atoms with Gasteiger partial charge in [-0.15, -0.1) is 0 Å². The van der Waals surface area contributed by atoms with Gasteiger partial charge in [-0.2, -0.15) is 0 Å². The summed E-state index contributed by atoms with van der Waals surface area (Å²) < 4.78 is 1.07. The topological polar surface area (TPSA) is 57.4 Å². The number of benzene rings is 1. The van der Waals surface area contributed by atoms with Crippen LogP contribution in [0.15, 0.2) is 24.3 Å². The molecule has 1 aliphatic rings. The molecule has 0 spiro atoms. The molecule has 0 bridgehead atoms. The third-order valence-electron chi connectivity index (χ3n) is 2.49. The van der Waals surface area contributed by atoms with Crippen LogP contribution in [0, 0.1) is 4.91 Å². The van der Waals surface area contributed by atoms with Crippen molar-refractivity contribution in [3.05, 3.63) is 40.3 Å². The summed E-state index contributed by atoms with van der Waals surface area (Å²) in [5.74, 6) is -0.942. The van der Waals surface area contributed by atoms with Gasteiger partial charge < -0.3 is 5.11 Å². The number of nitrogens with zero attached hydrogens (tertiary/aromatic N) is 1. The Labute approximate surface area is 87.1 Å². The predicted molar refractivity (Wildman–Crippen MR) is 53.8 cm³/mol. The lowest BCUT2D eigenvalue weighted by Gasteiger charge is -1.96. The van der Waals surface area contributed by atoms with Crippen LogP contribution in [0.25, 0.3) is 0 Å². The van der Waals surface area contributed by atoms with E-state index in [0.29, 0.717) is 6.54 Å². The quantitative estimate of drug-likeness (QED) is 0.764. The van der Waals surface area contributed by atoms with Crippen molar-refractivity contribution in [1.29, 1.82) is 0 Å². The molecule has 1 aromatic rings. The highest BCUT2D eigenvalue weighted by atomic mass is 16.4. The minimum atomic E-state index is -0.942. The molecule has 0 radical (unpaired) electrons. The van der Waals surface area contributed by atoms with Crippen molar-refractivity contribution in [2.75, 3.05) is 0 Å². The molecular formula is C11H12NO3+. The van der Waals surface area contributed by atoms with Crippen molar-refractivity contribution in [2.24, 2.45) is 0 Å². The third kappa shape index (κ3) is 2.40. The fourth-order valence-electron chi connectivity index (χ4n) is 1.42. The Morgan fingerprint density at radius 3 is 2.40 bits per heavy atom. The lowest BCUT2D eigenvalue weighted by atomic mass is 10.1. The number of carbonyl (C=O) groups is 1. The van der Waals surface area contributed by atoms with E-state index in [1.165, 1.54) is 12.1 Å². The van der Waals surface area contributed by atoms with E-state index in [1.807, 2.05) is 0 Å². The van der Waals surface area contributed by atoms with Gasteiger partial charge in [0.1, 0.15) is 0 Å². The number of hydrogen-bond acceptors (Lipinski definition) is 2. The van der Waals surface area contributed by atoms with Crippen LogP contribution in [0.4, 0.5) is 0 Å². The summed E-state index contributed by atoms with van der Waals surface area (Å²) in [4.78, 5) is 22.0. The van der Waals surface area contributed by atoms with Crippen molar-refractivity contribution in [3.63, 3.8) is 0 Å². The number of hydrogen-bond donors (Lipinski definition) is 1. The average Bonchev–Trinajstić information content (AvgIpc) is 3.01. The van der Waals surface area contributed by atoms with Crippen LogP contribution in [-0.2, 0) is 6.54 Å². The Bertz CT molecular complexity index is 393. The van der Waals surface area contributed by atoms with Gasteiger partial charge in [0.2, 0.25) is 12.6 Å². The first-order chi connectivity index (χ1) is 7.16. The smallest absolute Gasteiger partial charge is 0.335 e. The molecule has 0 unspecified atom stereocenters. The molecule has 4 nitrogen and oxygen atoms in total. The third-order valence-corrected chi connectivity index (χ3v) is 2.49. The van der Waals surface area contributed by atoms with E-state index in [9.17, 15) is 9.70 Å². The van der Waals surface area contributed by atoms with Gasteiger partial charge >= 0.3 is 5.97 Å². The molecule has 0 atom stereocenters. The fraction of sp³-hybridized carbons (Fsp3) is 0.364. The lowest BCUT2D eigenvalue weighted by molar-refractivity contribution is -0.578. The van der Waals surface area contributed by atoms with E-state index in [0.717, 1.165) is 23.2 Å². The number of rotatable bonds is 4. The zero-order valence-corrected chi connectivity index (χ0v) is 8.22. The summed E-state index contributed by atoms with van der Waals surface area (Å²) in [6, 6.07) is 6.62. The molecule has 0 aliphatic heterocycles. The Hall–Kier alpha value is -1.71. The second-order valence-electron chi connectivity index (χ2n) is 3.81. The normalized spacial score (nSPS) is 14.9. The maximum atomic E-state index is 11.4. The first-order valence-corrected chi connectivity index (χ1v) is 4.93. The van der Waals surface area contributed by atoms with Crippen molar-refractivity contribution >= 4 is 5.97 Å². The molecule has 0 amide bonds. The summed E-state index contributed by atoms with van der Waals surface area (Å²) >= 11 is 0. The van der Waals surface area contributed by atoms with E-state index in [4.69, 9.17) is 5.11 Å². The molecular weight excluding hydrogens is 194 g/mol. The molecule has 1 fully saturated rings. The predicted octanol–water partition coefficient (Wildman–Crippen LogP) is 1.83. The zero-order valence-electron chi connectivity index (χ0n) is 8.22. The summed E-state index contributed by atoms with van der Waals surface area (Å²) in [6.07, 6.45) is 1.97. The molecule has 78 valence electrons. The molecule has 0 saturated heterocycles. The summed E-state index contributed by atoms with van der Waals surface area (Å²) in [5.41, 5.74) is 1.12. The van der Waals surface area contributed by atoms with Crippen LogP contribution in [0.2, 0.25) is 0 Å². The van der Waals surface area contributed by atoms with Gasteiger partial charge in [0.05, 0.1) is 5.56 Å². The number of aromatic carboxylic acids is 1. The van der Waals surface area contributed by atoms with Crippen LogP contribution >= 0.6 is 0 Å². The van der Waals surface area contributed by atoms with Crippen LogP contribution in [0.5, 0.6) is 0 Å². The van der Waals surface area contributed by atoms with E-state index < -0.39 is 5.97 Å². The van der Waals surface area contributed by atoms with Crippen LogP contribution in [0.3, 0.4) is 0 Å². The number of carboxylic acids is 1. The average molecular weight is 206 g/mol. The maximum Gasteiger partial charge on any atom is 0.335 e. The largest absolute Gasteiger partial charge is 0.478 e. The van der Waals surface area contributed by atoms with E-state index in [1.54, 1.807) is 12.1 Å². The second kappa shape index (κ2) is 3.81. The van der Waals surface area contributed by atoms with Crippen molar-refractivity contribution < 1.29 is 14.7 Å². The standard InChI is InChI=1S/C11H11NO3/c13-11(14)9-3-1-8(2-4-9)7-12(15)10-5-6-10/h1-4,10H,5-7H2/p+1. The van der Waals surface area contributed by atoms with Gasteiger partial charge in [-0.3, -0.25) is 0 Å². The highest BCUT2D eigenvalue weighted by Gasteiger charge is 2.37. The molecule has 4 heteroatoms. The molecule has 1 aromatic carbocycles. The summed E-state index contributed by atoms with van der Waals surface area (Å²) in [7, 11) is 0. The molecule has 1 N–H and O–H groups in total. The minimum absolute atomic E-state index is 0.184. The highest BCUT2D eigenvalue weighted by Crippen LogP contribution is 2.24. The summed E-state index contributed by atoms with van der Waals surface area (Å²) in [6.45, 7) is 0.352. The SMILES string of the molecule is O=C(O)c1ccc(C[N+](=O)C2CC2)cc1. The van der Waals surface area contributed by atoms with Crippen molar-refractivity contribution in [1.82, 2.24) is 0 Å². The Morgan fingerprint density at radius 1 is 1.33 bits per heavy atom. The van der Waals surface area contributed by atoms with E-state index >= 15 is 0 Å².